The summed E-state index contributed by atoms with van der Waals surface area (Å²) in [4.78, 5) is 0. The summed E-state index contributed by atoms with van der Waals surface area (Å²) in [5.74, 6) is 0.158. The van der Waals surface area contributed by atoms with Gasteiger partial charge in [-0.1, -0.05) is 36.4 Å². The van der Waals surface area contributed by atoms with Gasteiger partial charge < -0.3 is 10.5 Å². The molecule has 0 radical (unpaired) electrons. The maximum absolute atomic E-state index is 12.1. The molecule has 18 heavy (non-hydrogen) atoms. The molecule has 2 aromatic carbocycles. The number of benzene rings is 2. The smallest absolute Gasteiger partial charge is 0.387 e. The Morgan fingerprint density at radius 2 is 1.72 bits per heavy atom. The van der Waals surface area contributed by atoms with Crippen molar-refractivity contribution in [1.82, 2.24) is 0 Å². The van der Waals surface area contributed by atoms with Crippen LogP contribution in [0.15, 0.2) is 48.5 Å². The van der Waals surface area contributed by atoms with Gasteiger partial charge in [-0.2, -0.15) is 8.78 Å². The minimum Gasteiger partial charge on any atom is -0.435 e. The average Bonchev–Trinajstić information content (AvgIpc) is 2.38. The lowest BCUT2D eigenvalue weighted by Crippen LogP contribution is -2.01. The third-order valence-electron chi connectivity index (χ3n) is 2.58. The van der Waals surface area contributed by atoms with E-state index in [0.717, 1.165) is 16.7 Å². The van der Waals surface area contributed by atoms with Crippen molar-refractivity contribution in [2.24, 2.45) is 5.73 Å². The van der Waals surface area contributed by atoms with Gasteiger partial charge in [-0.3, -0.25) is 0 Å². The maximum Gasteiger partial charge on any atom is 0.387 e. The van der Waals surface area contributed by atoms with Crippen molar-refractivity contribution >= 4 is 0 Å². The average molecular weight is 249 g/mol. The number of rotatable bonds is 4. The fourth-order valence-electron chi connectivity index (χ4n) is 1.69. The predicted octanol–water partition coefficient (Wildman–Crippen LogP) is 3.41. The van der Waals surface area contributed by atoms with Gasteiger partial charge in [-0.05, 0) is 28.8 Å². The van der Waals surface area contributed by atoms with E-state index < -0.39 is 6.61 Å². The van der Waals surface area contributed by atoms with Gasteiger partial charge in [0, 0.05) is 6.54 Å². The van der Waals surface area contributed by atoms with E-state index in [1.54, 1.807) is 12.1 Å². The van der Waals surface area contributed by atoms with Gasteiger partial charge in [0.1, 0.15) is 5.75 Å². The third kappa shape index (κ3) is 3.05. The molecule has 2 rings (SSSR count). The Morgan fingerprint density at radius 3 is 2.33 bits per heavy atom. The zero-order chi connectivity index (χ0) is 13.0. The molecule has 0 heterocycles. The van der Waals surface area contributed by atoms with Crippen LogP contribution in [0.5, 0.6) is 5.75 Å². The normalized spacial score (nSPS) is 10.7. The molecular formula is C14H13F2NO. The van der Waals surface area contributed by atoms with E-state index >= 15 is 0 Å². The highest BCUT2D eigenvalue weighted by atomic mass is 19.3. The fourth-order valence-corrected chi connectivity index (χ4v) is 1.69. The van der Waals surface area contributed by atoms with Crippen LogP contribution in [0, 0.1) is 0 Å². The second kappa shape index (κ2) is 5.60. The molecule has 0 aliphatic heterocycles. The monoisotopic (exact) mass is 249 g/mol. The van der Waals surface area contributed by atoms with Crippen molar-refractivity contribution in [1.29, 1.82) is 0 Å². The molecule has 2 aromatic rings. The standard InChI is InChI=1S/C14H13F2NO/c15-14(16)18-13-3-1-2-12(8-13)11-6-4-10(9-17)5-7-11/h1-8,14H,9,17H2. The Labute approximate surface area is 104 Å². The van der Waals surface area contributed by atoms with Gasteiger partial charge >= 0.3 is 6.61 Å². The molecule has 0 aliphatic rings. The first-order valence-corrected chi connectivity index (χ1v) is 5.53. The lowest BCUT2D eigenvalue weighted by molar-refractivity contribution is -0.0498. The molecule has 0 aromatic heterocycles. The molecule has 2 N–H and O–H groups in total. The molecule has 2 nitrogen and oxygen atoms in total. The fraction of sp³-hybridized carbons (Fsp3) is 0.143. The first kappa shape index (κ1) is 12.5. The van der Waals surface area contributed by atoms with Crippen molar-refractivity contribution in [3.63, 3.8) is 0 Å². The Bertz CT molecular complexity index is 511. The summed E-state index contributed by atoms with van der Waals surface area (Å²) >= 11 is 0. The van der Waals surface area contributed by atoms with Crippen molar-refractivity contribution in [3.05, 3.63) is 54.1 Å². The summed E-state index contributed by atoms with van der Waals surface area (Å²) in [7, 11) is 0. The maximum atomic E-state index is 12.1. The van der Waals surface area contributed by atoms with Gasteiger partial charge in [-0.15, -0.1) is 0 Å². The number of ether oxygens (including phenoxy) is 1. The Hall–Kier alpha value is -1.94. The topological polar surface area (TPSA) is 35.2 Å². The minimum absolute atomic E-state index is 0.158. The van der Waals surface area contributed by atoms with Crippen LogP contribution >= 0.6 is 0 Å². The zero-order valence-electron chi connectivity index (χ0n) is 9.64. The molecule has 0 atom stereocenters. The third-order valence-corrected chi connectivity index (χ3v) is 2.58. The summed E-state index contributed by atoms with van der Waals surface area (Å²) in [6.07, 6.45) is 0. The van der Waals surface area contributed by atoms with Gasteiger partial charge in [0.2, 0.25) is 0 Å². The van der Waals surface area contributed by atoms with Gasteiger partial charge in [0.25, 0.3) is 0 Å². The van der Waals surface area contributed by atoms with Crippen LogP contribution < -0.4 is 10.5 Å². The summed E-state index contributed by atoms with van der Waals surface area (Å²) < 4.78 is 28.6. The molecule has 0 fully saturated rings. The Balaban J connectivity index is 2.26. The van der Waals surface area contributed by atoms with E-state index in [1.807, 2.05) is 30.3 Å². The van der Waals surface area contributed by atoms with E-state index in [4.69, 9.17) is 5.73 Å². The molecule has 0 amide bonds. The lowest BCUT2D eigenvalue weighted by Gasteiger charge is -2.07. The van der Waals surface area contributed by atoms with Crippen molar-refractivity contribution in [2.75, 3.05) is 0 Å². The highest BCUT2D eigenvalue weighted by Crippen LogP contribution is 2.25. The molecule has 0 unspecified atom stereocenters. The highest BCUT2D eigenvalue weighted by Gasteiger charge is 2.05. The van der Waals surface area contributed by atoms with Gasteiger partial charge in [0.15, 0.2) is 0 Å². The summed E-state index contributed by atoms with van der Waals surface area (Å²) in [5, 5.41) is 0. The lowest BCUT2D eigenvalue weighted by atomic mass is 10.0. The highest BCUT2D eigenvalue weighted by molar-refractivity contribution is 5.65. The van der Waals surface area contributed by atoms with Crippen molar-refractivity contribution < 1.29 is 13.5 Å². The number of hydrogen-bond donors (Lipinski definition) is 1. The molecule has 4 heteroatoms. The summed E-state index contributed by atoms with van der Waals surface area (Å²) in [6, 6.07) is 14.3. The number of nitrogens with two attached hydrogens (primary N) is 1. The largest absolute Gasteiger partial charge is 0.435 e. The molecule has 0 saturated heterocycles. The van der Waals surface area contributed by atoms with E-state index in [2.05, 4.69) is 4.74 Å². The Morgan fingerprint density at radius 1 is 1.00 bits per heavy atom. The zero-order valence-corrected chi connectivity index (χ0v) is 9.64. The second-order valence-electron chi connectivity index (χ2n) is 3.81. The van der Waals surface area contributed by atoms with Crippen LogP contribution in [0.2, 0.25) is 0 Å². The quantitative estimate of drug-likeness (QED) is 0.901. The SMILES string of the molecule is NCc1ccc(-c2cccc(OC(F)F)c2)cc1. The number of halogens is 2. The summed E-state index contributed by atoms with van der Waals surface area (Å²) in [6.45, 7) is -2.32. The first-order chi connectivity index (χ1) is 8.69. The minimum atomic E-state index is -2.81. The van der Waals surface area contributed by atoms with Crippen molar-refractivity contribution in [2.45, 2.75) is 13.2 Å². The van der Waals surface area contributed by atoms with Crippen LogP contribution in [0.4, 0.5) is 8.78 Å². The number of alkyl halides is 2. The second-order valence-corrected chi connectivity index (χ2v) is 3.81. The number of hydrogen-bond acceptors (Lipinski definition) is 2. The van der Waals surface area contributed by atoms with Crippen molar-refractivity contribution in [3.8, 4) is 16.9 Å². The van der Waals surface area contributed by atoms with E-state index in [-0.39, 0.29) is 5.75 Å². The van der Waals surface area contributed by atoms with Gasteiger partial charge in [-0.25, -0.2) is 0 Å². The molecule has 0 bridgehead atoms. The van der Waals surface area contributed by atoms with Crippen LogP contribution in [0.1, 0.15) is 5.56 Å². The van der Waals surface area contributed by atoms with Crippen LogP contribution in [0.3, 0.4) is 0 Å². The Kier molecular flexibility index (Phi) is 3.89. The summed E-state index contributed by atoms with van der Waals surface area (Å²) in [5.41, 5.74) is 8.31. The molecule has 94 valence electrons. The van der Waals surface area contributed by atoms with Crippen LogP contribution in [-0.4, -0.2) is 6.61 Å². The van der Waals surface area contributed by atoms with Crippen LogP contribution in [0.25, 0.3) is 11.1 Å². The predicted molar refractivity (Wildman–Crippen MR) is 66.4 cm³/mol. The van der Waals surface area contributed by atoms with E-state index in [0.29, 0.717) is 6.54 Å². The van der Waals surface area contributed by atoms with E-state index in [9.17, 15) is 8.78 Å². The van der Waals surface area contributed by atoms with Crippen LogP contribution in [-0.2, 0) is 6.54 Å². The molecule has 0 saturated carbocycles. The molecular weight excluding hydrogens is 236 g/mol. The first-order valence-electron chi connectivity index (χ1n) is 5.53. The van der Waals surface area contributed by atoms with E-state index in [1.165, 1.54) is 6.07 Å². The molecule has 0 spiro atoms. The molecule has 0 aliphatic carbocycles. The van der Waals surface area contributed by atoms with Gasteiger partial charge in [0.05, 0.1) is 0 Å².